The van der Waals surface area contributed by atoms with E-state index >= 15 is 0 Å². The van der Waals surface area contributed by atoms with Gasteiger partial charge in [0.2, 0.25) is 19.7 Å². The molecule has 0 spiro atoms. The Labute approximate surface area is 212 Å². The monoisotopic (exact) mass is 562 g/mol. The van der Waals surface area contributed by atoms with Gasteiger partial charge in [-0.1, -0.05) is 0 Å². The zero-order valence-electron chi connectivity index (χ0n) is 18.6. The number of hydrogen-bond donors (Lipinski definition) is 3. The molecular weight excluding hydrogens is 544 g/mol. The lowest BCUT2D eigenvalue weighted by molar-refractivity contribution is 0.464. The molecule has 4 aromatic carbocycles. The van der Waals surface area contributed by atoms with E-state index in [-0.39, 0.29) is 31.9 Å². The largest absolute Gasteiger partial charge is 0.508 e. The third-order valence-corrected chi connectivity index (χ3v) is 10.2. The highest BCUT2D eigenvalue weighted by molar-refractivity contribution is 7.93. The van der Waals surface area contributed by atoms with Gasteiger partial charge in [0.25, 0.3) is 0 Å². The second-order valence-corrected chi connectivity index (χ2v) is 13.0. The predicted molar refractivity (Wildman–Crippen MR) is 129 cm³/mol. The second-order valence-electron chi connectivity index (χ2n) is 7.63. The Kier molecular flexibility index (Phi) is 6.62. The molecule has 0 fully saturated rings. The molecule has 0 aliphatic rings. The number of sulfone groups is 2. The van der Waals surface area contributed by atoms with E-state index in [0.717, 1.165) is 60.7 Å². The molecule has 0 aliphatic heterocycles. The van der Waals surface area contributed by atoms with E-state index in [9.17, 15) is 40.6 Å². The minimum Gasteiger partial charge on any atom is -0.508 e. The molecule has 0 unspecified atom stereocenters. The topological polar surface area (TPSA) is 172 Å². The SMILES string of the molecule is O=S(=O)(Oc1ccc(S(=O)(=O)c2ccc(O)cc2)cc1)c1cc(O)ccc1S(=O)(=O)c1ccc(O)cc1. The Morgan fingerprint density at radius 1 is 0.459 bits per heavy atom. The minimum absolute atomic E-state index is 0.101. The van der Waals surface area contributed by atoms with Crippen LogP contribution in [0.1, 0.15) is 0 Å². The first-order chi connectivity index (χ1) is 17.3. The molecule has 0 aromatic heterocycles. The summed E-state index contributed by atoms with van der Waals surface area (Å²) in [7, 11) is -13.2. The van der Waals surface area contributed by atoms with E-state index in [0.29, 0.717) is 6.07 Å². The van der Waals surface area contributed by atoms with E-state index in [2.05, 4.69) is 0 Å². The quantitative estimate of drug-likeness (QED) is 0.284. The summed E-state index contributed by atoms with van der Waals surface area (Å²) in [5, 5.41) is 28.7. The molecule has 3 N–H and O–H groups in total. The van der Waals surface area contributed by atoms with Crippen LogP contribution in [-0.2, 0) is 29.8 Å². The Balaban J connectivity index is 1.69. The van der Waals surface area contributed by atoms with Crippen LogP contribution in [-0.4, -0.2) is 40.6 Å². The first-order valence-corrected chi connectivity index (χ1v) is 14.6. The zero-order chi connectivity index (χ0) is 27.0. The van der Waals surface area contributed by atoms with Crippen LogP contribution in [0.4, 0.5) is 0 Å². The van der Waals surface area contributed by atoms with Gasteiger partial charge in [-0.2, -0.15) is 8.42 Å². The van der Waals surface area contributed by atoms with Crippen molar-refractivity contribution in [2.75, 3.05) is 0 Å². The summed E-state index contributed by atoms with van der Waals surface area (Å²) in [6.45, 7) is 0. The molecule has 0 bridgehead atoms. The maximum atomic E-state index is 13.1. The van der Waals surface area contributed by atoms with Crippen molar-refractivity contribution in [1.29, 1.82) is 0 Å². The number of benzene rings is 4. The van der Waals surface area contributed by atoms with Gasteiger partial charge < -0.3 is 19.5 Å². The molecule has 0 amide bonds. The molecule has 0 saturated heterocycles. The van der Waals surface area contributed by atoms with Crippen LogP contribution in [0.2, 0.25) is 0 Å². The summed E-state index contributed by atoms with van der Waals surface area (Å²) in [5.41, 5.74) is 0. The fraction of sp³-hybridized carbons (Fsp3) is 0. The van der Waals surface area contributed by atoms with Crippen molar-refractivity contribution in [3.63, 3.8) is 0 Å². The van der Waals surface area contributed by atoms with Crippen LogP contribution in [0, 0.1) is 0 Å². The molecule has 0 saturated carbocycles. The van der Waals surface area contributed by atoms with Crippen molar-refractivity contribution in [3.8, 4) is 23.0 Å². The second kappa shape index (κ2) is 9.42. The molecule has 0 radical (unpaired) electrons. The van der Waals surface area contributed by atoms with Gasteiger partial charge in [0.15, 0.2) is 0 Å². The van der Waals surface area contributed by atoms with Crippen LogP contribution in [0.15, 0.2) is 115 Å². The Hall–Kier alpha value is -4.07. The van der Waals surface area contributed by atoms with Gasteiger partial charge in [0.05, 0.1) is 19.6 Å². The Morgan fingerprint density at radius 2 is 0.865 bits per heavy atom. The average Bonchev–Trinajstić information content (AvgIpc) is 2.84. The van der Waals surface area contributed by atoms with Crippen LogP contribution in [0.5, 0.6) is 23.0 Å². The summed E-state index contributed by atoms with van der Waals surface area (Å²) < 4.78 is 82.9. The van der Waals surface area contributed by atoms with E-state index in [1.54, 1.807) is 0 Å². The van der Waals surface area contributed by atoms with Crippen LogP contribution in [0.25, 0.3) is 0 Å². The molecule has 37 heavy (non-hydrogen) atoms. The molecule has 4 aromatic rings. The fourth-order valence-corrected chi connectivity index (χ4v) is 7.52. The number of rotatable bonds is 7. The highest BCUT2D eigenvalue weighted by atomic mass is 32.2. The van der Waals surface area contributed by atoms with Gasteiger partial charge in [0.1, 0.15) is 27.9 Å². The molecule has 0 aliphatic carbocycles. The number of aromatic hydroxyl groups is 3. The lowest BCUT2D eigenvalue weighted by Gasteiger charge is -2.13. The van der Waals surface area contributed by atoms with Crippen LogP contribution in [0.3, 0.4) is 0 Å². The predicted octanol–water partition coefficient (Wildman–Crippen LogP) is 3.24. The highest BCUT2D eigenvalue weighted by Crippen LogP contribution is 2.33. The normalized spacial score (nSPS) is 12.2. The number of phenolic OH excluding ortho intramolecular Hbond substituents is 3. The van der Waals surface area contributed by atoms with Gasteiger partial charge in [-0.05, 0) is 84.9 Å². The zero-order valence-corrected chi connectivity index (χ0v) is 21.0. The molecule has 10 nitrogen and oxygen atoms in total. The fourth-order valence-electron chi connectivity index (χ4n) is 3.27. The Bertz CT molecular complexity index is 1780. The minimum atomic E-state index is -4.84. The van der Waals surface area contributed by atoms with E-state index in [1.165, 1.54) is 24.3 Å². The third kappa shape index (κ3) is 5.23. The van der Waals surface area contributed by atoms with Crippen molar-refractivity contribution < 1.29 is 44.8 Å². The summed E-state index contributed by atoms with van der Waals surface area (Å²) in [6, 6.07) is 16.2. The van der Waals surface area contributed by atoms with Crippen molar-refractivity contribution in [2.45, 2.75) is 24.5 Å². The molecule has 13 heteroatoms. The molecular formula is C24H18O10S3. The van der Waals surface area contributed by atoms with Crippen molar-refractivity contribution in [2.24, 2.45) is 0 Å². The first kappa shape index (κ1) is 26.0. The van der Waals surface area contributed by atoms with E-state index in [1.807, 2.05) is 0 Å². The first-order valence-electron chi connectivity index (χ1n) is 10.3. The Morgan fingerprint density at radius 3 is 1.35 bits per heavy atom. The summed E-state index contributed by atoms with van der Waals surface area (Å²) in [4.78, 5) is -2.12. The van der Waals surface area contributed by atoms with Crippen LogP contribution < -0.4 is 4.18 Å². The molecule has 192 valence electrons. The lowest BCUT2D eigenvalue weighted by atomic mass is 10.3. The maximum absolute atomic E-state index is 13.1. The van der Waals surface area contributed by atoms with Gasteiger partial charge in [-0.15, -0.1) is 0 Å². The maximum Gasteiger partial charge on any atom is 0.340 e. The van der Waals surface area contributed by atoms with Crippen molar-refractivity contribution in [1.82, 2.24) is 0 Å². The van der Waals surface area contributed by atoms with Crippen molar-refractivity contribution in [3.05, 3.63) is 91.0 Å². The van der Waals surface area contributed by atoms with Gasteiger partial charge in [0, 0.05) is 6.07 Å². The molecule has 4 rings (SSSR count). The number of phenols is 3. The average molecular weight is 563 g/mol. The summed E-state index contributed by atoms with van der Waals surface area (Å²) in [6.07, 6.45) is 0. The summed E-state index contributed by atoms with van der Waals surface area (Å²) in [5.74, 6) is -1.17. The lowest BCUT2D eigenvalue weighted by Crippen LogP contribution is -2.15. The molecule has 0 heterocycles. The van der Waals surface area contributed by atoms with Crippen molar-refractivity contribution >= 4 is 29.8 Å². The summed E-state index contributed by atoms with van der Waals surface area (Å²) >= 11 is 0. The number of hydrogen-bond acceptors (Lipinski definition) is 10. The van der Waals surface area contributed by atoms with Gasteiger partial charge in [-0.25, -0.2) is 16.8 Å². The van der Waals surface area contributed by atoms with E-state index < -0.39 is 45.3 Å². The van der Waals surface area contributed by atoms with Gasteiger partial charge in [-0.3, -0.25) is 0 Å². The van der Waals surface area contributed by atoms with Gasteiger partial charge >= 0.3 is 10.1 Å². The van der Waals surface area contributed by atoms with Crippen LogP contribution >= 0.6 is 0 Å². The smallest absolute Gasteiger partial charge is 0.340 e. The third-order valence-electron chi connectivity index (χ3n) is 5.12. The molecule has 0 atom stereocenters. The standard InChI is InChI=1S/C24H18O10S3/c25-16-1-8-20(9-2-16)35(28,29)21-12-6-19(7-13-21)34-37(32,33)24-15-18(27)5-14-23(24)36(30,31)22-10-3-17(26)4-11-22/h1-15,25-27H. The highest BCUT2D eigenvalue weighted by Gasteiger charge is 2.30. The van der Waals surface area contributed by atoms with E-state index in [4.69, 9.17) is 4.18 Å².